The number of carboxylic acid groups (broad SMARTS) is 1. The lowest BCUT2D eigenvalue weighted by atomic mass is 10.1. The molecule has 4 heteroatoms. The Balaban J connectivity index is 2.50. The van der Waals surface area contributed by atoms with Crippen molar-refractivity contribution in [3.8, 4) is 10.6 Å². The van der Waals surface area contributed by atoms with E-state index < -0.39 is 5.97 Å². The number of aryl methyl sites for hydroxylation is 3. The second-order valence-corrected chi connectivity index (χ2v) is 5.04. The molecule has 0 spiro atoms. The molecule has 0 saturated heterocycles. The van der Waals surface area contributed by atoms with Gasteiger partial charge in [0, 0.05) is 5.56 Å². The van der Waals surface area contributed by atoms with Crippen LogP contribution in [0, 0.1) is 20.8 Å². The van der Waals surface area contributed by atoms with E-state index in [0.29, 0.717) is 10.6 Å². The van der Waals surface area contributed by atoms with Crippen molar-refractivity contribution in [1.82, 2.24) is 4.98 Å². The van der Waals surface area contributed by atoms with Crippen LogP contribution in [0.25, 0.3) is 10.6 Å². The molecular weight excluding hydrogens is 234 g/mol. The van der Waals surface area contributed by atoms with Crippen LogP contribution in [0.5, 0.6) is 0 Å². The van der Waals surface area contributed by atoms with E-state index in [4.69, 9.17) is 5.11 Å². The summed E-state index contributed by atoms with van der Waals surface area (Å²) in [7, 11) is 0. The van der Waals surface area contributed by atoms with Crippen molar-refractivity contribution in [3.05, 3.63) is 39.9 Å². The predicted molar refractivity (Wildman–Crippen MR) is 68.7 cm³/mol. The maximum absolute atomic E-state index is 11.0. The number of aromatic carboxylic acids is 1. The first-order valence-electron chi connectivity index (χ1n) is 5.27. The summed E-state index contributed by atoms with van der Waals surface area (Å²) >= 11 is 1.22. The van der Waals surface area contributed by atoms with Gasteiger partial charge in [-0.25, -0.2) is 9.78 Å². The van der Waals surface area contributed by atoms with Crippen molar-refractivity contribution in [2.75, 3.05) is 0 Å². The lowest BCUT2D eigenvalue weighted by molar-refractivity contribution is 0.0701. The number of aromatic nitrogens is 1. The number of hydrogen-bond acceptors (Lipinski definition) is 3. The molecule has 2 rings (SSSR count). The molecule has 0 radical (unpaired) electrons. The van der Waals surface area contributed by atoms with E-state index >= 15 is 0 Å². The SMILES string of the molecule is Cc1ccc(-c2nc(C)c(C(=O)O)s2)cc1C. The monoisotopic (exact) mass is 247 g/mol. The van der Waals surface area contributed by atoms with Crippen LogP contribution in [0.1, 0.15) is 26.5 Å². The number of hydrogen-bond donors (Lipinski definition) is 1. The highest BCUT2D eigenvalue weighted by Crippen LogP contribution is 2.29. The minimum Gasteiger partial charge on any atom is -0.477 e. The average Bonchev–Trinajstić information content (AvgIpc) is 2.64. The van der Waals surface area contributed by atoms with E-state index in [9.17, 15) is 4.79 Å². The van der Waals surface area contributed by atoms with E-state index in [2.05, 4.69) is 11.9 Å². The van der Waals surface area contributed by atoms with Gasteiger partial charge in [-0.05, 0) is 38.0 Å². The van der Waals surface area contributed by atoms with Crippen molar-refractivity contribution in [2.24, 2.45) is 0 Å². The van der Waals surface area contributed by atoms with Crippen LogP contribution >= 0.6 is 11.3 Å². The Morgan fingerprint density at radius 3 is 2.47 bits per heavy atom. The van der Waals surface area contributed by atoms with Gasteiger partial charge in [0.1, 0.15) is 9.88 Å². The van der Waals surface area contributed by atoms with Crippen molar-refractivity contribution < 1.29 is 9.90 Å². The van der Waals surface area contributed by atoms with Crippen LogP contribution in [0.4, 0.5) is 0 Å². The van der Waals surface area contributed by atoms with Crippen LogP contribution in [-0.2, 0) is 0 Å². The second-order valence-electron chi connectivity index (χ2n) is 4.04. The normalized spacial score (nSPS) is 10.5. The number of carbonyl (C=O) groups is 1. The van der Waals surface area contributed by atoms with Crippen molar-refractivity contribution in [3.63, 3.8) is 0 Å². The predicted octanol–water partition coefficient (Wildman–Crippen LogP) is 3.43. The summed E-state index contributed by atoms with van der Waals surface area (Å²) in [4.78, 5) is 15.6. The van der Waals surface area contributed by atoms with Crippen LogP contribution in [0.3, 0.4) is 0 Å². The Morgan fingerprint density at radius 2 is 1.94 bits per heavy atom. The molecule has 0 aliphatic heterocycles. The summed E-state index contributed by atoms with van der Waals surface area (Å²) in [5.74, 6) is -0.907. The molecule has 0 atom stereocenters. The number of carboxylic acids is 1. The van der Waals surface area contributed by atoms with Gasteiger partial charge in [-0.15, -0.1) is 11.3 Å². The first kappa shape index (κ1) is 11.8. The number of benzene rings is 1. The minimum atomic E-state index is -0.907. The van der Waals surface area contributed by atoms with Crippen molar-refractivity contribution in [2.45, 2.75) is 20.8 Å². The van der Waals surface area contributed by atoms with E-state index in [1.54, 1.807) is 6.92 Å². The Hall–Kier alpha value is -1.68. The van der Waals surface area contributed by atoms with Crippen LogP contribution in [0.15, 0.2) is 18.2 Å². The molecule has 0 aliphatic rings. The summed E-state index contributed by atoms with van der Waals surface area (Å²) < 4.78 is 0. The quantitative estimate of drug-likeness (QED) is 0.884. The van der Waals surface area contributed by atoms with Crippen LogP contribution < -0.4 is 0 Å². The van der Waals surface area contributed by atoms with E-state index in [-0.39, 0.29) is 0 Å². The Kier molecular flexibility index (Phi) is 2.98. The molecule has 0 amide bonds. The Bertz CT molecular complexity index is 587. The van der Waals surface area contributed by atoms with Gasteiger partial charge in [-0.3, -0.25) is 0 Å². The zero-order chi connectivity index (χ0) is 12.6. The third-order valence-corrected chi connectivity index (χ3v) is 3.94. The number of thiazole rings is 1. The van der Waals surface area contributed by atoms with Gasteiger partial charge in [0.15, 0.2) is 0 Å². The van der Waals surface area contributed by atoms with Crippen molar-refractivity contribution in [1.29, 1.82) is 0 Å². The molecule has 2 aromatic rings. The Morgan fingerprint density at radius 1 is 1.24 bits per heavy atom. The van der Waals surface area contributed by atoms with Gasteiger partial charge in [-0.1, -0.05) is 12.1 Å². The van der Waals surface area contributed by atoms with Gasteiger partial charge in [0.25, 0.3) is 0 Å². The van der Waals surface area contributed by atoms with Gasteiger partial charge in [0.05, 0.1) is 5.69 Å². The fourth-order valence-electron chi connectivity index (χ4n) is 1.59. The zero-order valence-electron chi connectivity index (χ0n) is 9.94. The minimum absolute atomic E-state index is 0.318. The van der Waals surface area contributed by atoms with Gasteiger partial charge in [0.2, 0.25) is 0 Å². The molecule has 0 aliphatic carbocycles. The molecule has 17 heavy (non-hydrogen) atoms. The maximum Gasteiger partial charge on any atom is 0.347 e. The van der Waals surface area contributed by atoms with Crippen molar-refractivity contribution >= 4 is 17.3 Å². The third kappa shape index (κ3) is 2.22. The highest BCUT2D eigenvalue weighted by Gasteiger charge is 2.15. The topological polar surface area (TPSA) is 50.2 Å². The lowest BCUT2D eigenvalue weighted by Crippen LogP contribution is -1.94. The van der Waals surface area contributed by atoms with Gasteiger partial charge in [-0.2, -0.15) is 0 Å². The van der Waals surface area contributed by atoms with E-state index in [1.807, 2.05) is 25.1 Å². The Labute approximate surface area is 104 Å². The first-order chi connectivity index (χ1) is 7.99. The maximum atomic E-state index is 11.0. The summed E-state index contributed by atoms with van der Waals surface area (Å²) in [5, 5.41) is 9.76. The smallest absolute Gasteiger partial charge is 0.347 e. The molecule has 1 N–H and O–H groups in total. The molecule has 88 valence electrons. The lowest BCUT2D eigenvalue weighted by Gasteiger charge is -2.01. The fourth-order valence-corrected chi connectivity index (χ4v) is 2.49. The molecule has 1 heterocycles. The van der Waals surface area contributed by atoms with Crippen LogP contribution in [0.2, 0.25) is 0 Å². The fraction of sp³-hybridized carbons (Fsp3) is 0.231. The second kappa shape index (κ2) is 4.30. The largest absolute Gasteiger partial charge is 0.477 e. The molecule has 0 saturated carbocycles. The molecule has 0 fully saturated rings. The van der Waals surface area contributed by atoms with E-state index in [0.717, 1.165) is 10.6 Å². The molecule has 3 nitrogen and oxygen atoms in total. The number of nitrogens with zero attached hydrogens (tertiary/aromatic N) is 1. The molecule has 0 unspecified atom stereocenters. The zero-order valence-corrected chi connectivity index (χ0v) is 10.8. The summed E-state index contributed by atoms with van der Waals surface area (Å²) in [6, 6.07) is 6.05. The summed E-state index contributed by atoms with van der Waals surface area (Å²) in [6.45, 7) is 5.82. The highest BCUT2D eigenvalue weighted by molar-refractivity contribution is 7.17. The molecule has 1 aromatic heterocycles. The molecule has 1 aromatic carbocycles. The van der Waals surface area contributed by atoms with Crippen LogP contribution in [-0.4, -0.2) is 16.1 Å². The standard InChI is InChI=1S/C13H13NO2S/c1-7-4-5-10(6-8(7)2)12-14-9(3)11(17-12)13(15)16/h4-6H,1-3H3,(H,15,16). The van der Waals surface area contributed by atoms with Gasteiger partial charge >= 0.3 is 5.97 Å². The average molecular weight is 247 g/mol. The summed E-state index contributed by atoms with van der Waals surface area (Å²) in [5.41, 5.74) is 3.97. The highest BCUT2D eigenvalue weighted by atomic mass is 32.1. The summed E-state index contributed by atoms with van der Waals surface area (Å²) in [6.07, 6.45) is 0. The van der Waals surface area contributed by atoms with Gasteiger partial charge < -0.3 is 5.11 Å². The third-order valence-electron chi connectivity index (χ3n) is 2.74. The van der Waals surface area contributed by atoms with E-state index in [1.165, 1.54) is 22.5 Å². The molecular formula is C13H13NO2S. The molecule has 0 bridgehead atoms. The first-order valence-corrected chi connectivity index (χ1v) is 6.09. The number of rotatable bonds is 2.